The molecule has 1 aromatic carbocycles. The van der Waals surface area contributed by atoms with Gasteiger partial charge in [0.25, 0.3) is 0 Å². The first-order chi connectivity index (χ1) is 15.9. The van der Waals surface area contributed by atoms with Gasteiger partial charge < -0.3 is 15.1 Å². The number of benzene rings is 1. The Morgan fingerprint density at radius 2 is 1.76 bits per heavy atom. The lowest BCUT2D eigenvalue weighted by molar-refractivity contribution is -0.145. The number of rotatable bonds is 5. The number of alkyl halides is 3. The van der Waals surface area contributed by atoms with Gasteiger partial charge in [-0.3, -0.25) is 4.79 Å². The molecule has 2 saturated heterocycles. The molecule has 8 nitrogen and oxygen atoms in total. The van der Waals surface area contributed by atoms with Crippen LogP contribution in [-0.2, 0) is 20.8 Å². The van der Waals surface area contributed by atoms with E-state index in [-0.39, 0.29) is 22.7 Å². The van der Waals surface area contributed by atoms with Gasteiger partial charge in [-0.2, -0.15) is 13.2 Å². The summed E-state index contributed by atoms with van der Waals surface area (Å²) in [4.78, 5) is 23.3. The monoisotopic (exact) mass is 501 g/mol. The van der Waals surface area contributed by atoms with Crippen molar-refractivity contribution < 1.29 is 30.8 Å². The fourth-order valence-electron chi connectivity index (χ4n) is 4.32. The van der Waals surface area contributed by atoms with Gasteiger partial charge in [0, 0.05) is 19.3 Å². The number of amides is 1. The van der Waals surface area contributed by atoms with E-state index in [9.17, 15) is 30.8 Å². The van der Waals surface area contributed by atoms with E-state index in [2.05, 4.69) is 15.3 Å². The van der Waals surface area contributed by atoms with Crippen LogP contribution in [0.15, 0.2) is 35.5 Å². The minimum atomic E-state index is -4.64. The summed E-state index contributed by atoms with van der Waals surface area (Å²) in [5.74, 6) is -2.28. The largest absolute Gasteiger partial charge is 0.451 e. The third kappa shape index (κ3) is 4.93. The van der Waals surface area contributed by atoms with Crippen LogP contribution < -0.4 is 10.2 Å². The Kier molecular flexibility index (Phi) is 6.40. The van der Waals surface area contributed by atoms with Gasteiger partial charge >= 0.3 is 6.18 Å². The minimum absolute atomic E-state index is 0.0178. The molecule has 2 aromatic rings. The highest BCUT2D eigenvalue weighted by Gasteiger charge is 2.40. The van der Waals surface area contributed by atoms with Gasteiger partial charge in [0.1, 0.15) is 18.0 Å². The highest BCUT2D eigenvalue weighted by Crippen LogP contribution is 2.32. The number of carbonyl (C=O) groups is 1. The molecule has 2 aliphatic heterocycles. The molecule has 1 unspecified atom stereocenters. The van der Waals surface area contributed by atoms with Crippen molar-refractivity contribution in [3.8, 4) is 0 Å². The van der Waals surface area contributed by atoms with E-state index < -0.39 is 33.7 Å². The third-order valence-corrected chi connectivity index (χ3v) is 7.10. The van der Waals surface area contributed by atoms with Crippen molar-refractivity contribution in [2.45, 2.75) is 49.0 Å². The van der Waals surface area contributed by atoms with Gasteiger partial charge in [-0.05, 0) is 43.9 Å². The van der Waals surface area contributed by atoms with Crippen LogP contribution in [0.3, 0.4) is 0 Å². The maximum absolute atomic E-state index is 14.5. The first-order valence-electron chi connectivity index (χ1n) is 10.7. The smallest absolute Gasteiger partial charge is 0.371 e. The summed E-state index contributed by atoms with van der Waals surface area (Å²) in [7, 11) is -3.57. The predicted octanol–water partition coefficient (Wildman–Crippen LogP) is 3.07. The lowest BCUT2D eigenvalue weighted by Crippen LogP contribution is -2.53. The molecule has 13 heteroatoms. The van der Waals surface area contributed by atoms with Crippen molar-refractivity contribution in [3.05, 3.63) is 42.2 Å². The van der Waals surface area contributed by atoms with Gasteiger partial charge in [-0.15, -0.1) is 0 Å². The average molecular weight is 502 g/mol. The molecule has 0 spiro atoms. The molecule has 0 aliphatic carbocycles. The Balaban J connectivity index is 1.49. The molecule has 184 valence electrons. The number of nitrogens with one attached hydrogen (secondary N) is 1. The Morgan fingerprint density at radius 1 is 1.06 bits per heavy atom. The zero-order valence-corrected chi connectivity index (χ0v) is 19.0. The van der Waals surface area contributed by atoms with E-state index in [1.807, 2.05) is 4.90 Å². The Labute approximate surface area is 193 Å². The highest BCUT2D eigenvalue weighted by molar-refractivity contribution is 7.90. The normalized spacial score (nSPS) is 21.7. The second-order valence-corrected chi connectivity index (χ2v) is 10.4. The molecular formula is C21H23F4N5O3S. The van der Waals surface area contributed by atoms with Crippen molar-refractivity contribution in [1.82, 2.24) is 14.9 Å². The van der Waals surface area contributed by atoms with Crippen LogP contribution in [0, 0.1) is 5.82 Å². The number of hydrogen-bond donors (Lipinski definition) is 1. The molecule has 2 aliphatic rings. The standard InChI is InChI=1S/C21H23F4N5O3S/c1-34(32,33)14-5-6-16(15(22)10-14)28-17-7-9-30(19(17)31)18-4-2-3-8-29(18)13-11-26-20(27-12-13)21(23,24)25/h5-6,10-12,17-18,28H,2-4,7-9H2,1H3/t17-,18?/m0/s1. The topological polar surface area (TPSA) is 95.5 Å². The Hall–Kier alpha value is -2.96. The van der Waals surface area contributed by atoms with Crippen molar-refractivity contribution in [2.75, 3.05) is 29.6 Å². The van der Waals surface area contributed by atoms with Gasteiger partial charge in [0.2, 0.25) is 11.7 Å². The van der Waals surface area contributed by atoms with Crippen LogP contribution in [0.5, 0.6) is 0 Å². The van der Waals surface area contributed by atoms with Gasteiger partial charge in [0.05, 0.1) is 28.7 Å². The summed E-state index contributed by atoms with van der Waals surface area (Å²) in [6.07, 6.45) is 0.836. The molecule has 3 heterocycles. The Morgan fingerprint density at radius 3 is 2.38 bits per heavy atom. The summed E-state index contributed by atoms with van der Waals surface area (Å²) >= 11 is 0. The van der Waals surface area contributed by atoms with Crippen molar-refractivity contribution in [1.29, 1.82) is 0 Å². The summed E-state index contributed by atoms with van der Waals surface area (Å²) in [6, 6.07) is 2.74. The molecule has 1 amide bonds. The number of nitrogens with zero attached hydrogens (tertiary/aromatic N) is 4. The number of sulfone groups is 1. The van der Waals surface area contributed by atoms with Crippen LogP contribution in [0.25, 0.3) is 0 Å². The second-order valence-electron chi connectivity index (χ2n) is 8.36. The minimum Gasteiger partial charge on any atom is -0.371 e. The lowest BCUT2D eigenvalue weighted by atomic mass is 10.1. The number of halogens is 4. The van der Waals surface area contributed by atoms with E-state index in [1.165, 1.54) is 12.1 Å². The number of piperidine rings is 1. The Bertz CT molecular complexity index is 1170. The molecule has 0 bridgehead atoms. The molecule has 4 rings (SSSR count). The van der Waals surface area contributed by atoms with Crippen LogP contribution in [-0.4, -0.2) is 60.7 Å². The molecule has 1 N–H and O–H groups in total. The van der Waals surface area contributed by atoms with E-state index >= 15 is 0 Å². The maximum atomic E-state index is 14.5. The van der Waals surface area contributed by atoms with Gasteiger partial charge in [0.15, 0.2) is 9.84 Å². The molecule has 34 heavy (non-hydrogen) atoms. The highest BCUT2D eigenvalue weighted by atomic mass is 32.2. The van der Waals surface area contributed by atoms with E-state index in [4.69, 9.17) is 0 Å². The van der Waals surface area contributed by atoms with Crippen LogP contribution in [0.1, 0.15) is 31.5 Å². The molecule has 1 aromatic heterocycles. The summed E-state index contributed by atoms with van der Waals surface area (Å²) < 4.78 is 76.1. The third-order valence-electron chi connectivity index (χ3n) is 5.99. The number of hydrogen-bond acceptors (Lipinski definition) is 7. The summed E-state index contributed by atoms with van der Waals surface area (Å²) in [5, 5.41) is 2.86. The SMILES string of the molecule is CS(=O)(=O)c1ccc(N[C@H]2CCN(C3CCCCN3c3cnc(C(F)(F)F)nc3)C2=O)c(F)c1. The number of aromatic nitrogens is 2. The zero-order chi connectivity index (χ0) is 24.7. The predicted molar refractivity (Wildman–Crippen MR) is 115 cm³/mol. The average Bonchev–Trinajstić information content (AvgIpc) is 3.14. The van der Waals surface area contributed by atoms with Crippen molar-refractivity contribution in [3.63, 3.8) is 0 Å². The molecule has 2 atom stereocenters. The number of anilines is 2. The summed E-state index contributed by atoms with van der Waals surface area (Å²) in [6.45, 7) is 0.908. The quantitative estimate of drug-likeness (QED) is 0.630. The molecule has 0 saturated carbocycles. The van der Waals surface area contributed by atoms with E-state index in [0.29, 0.717) is 31.6 Å². The van der Waals surface area contributed by atoms with E-state index in [0.717, 1.165) is 37.6 Å². The molecular weight excluding hydrogens is 478 g/mol. The zero-order valence-electron chi connectivity index (χ0n) is 18.2. The van der Waals surface area contributed by atoms with Crippen LogP contribution >= 0.6 is 0 Å². The van der Waals surface area contributed by atoms with Crippen molar-refractivity contribution >= 4 is 27.1 Å². The van der Waals surface area contributed by atoms with E-state index in [1.54, 1.807) is 4.90 Å². The van der Waals surface area contributed by atoms with Crippen LogP contribution in [0.4, 0.5) is 28.9 Å². The lowest BCUT2D eigenvalue weighted by Gasteiger charge is -2.42. The second kappa shape index (κ2) is 9.01. The fourth-order valence-corrected chi connectivity index (χ4v) is 4.95. The molecule has 0 radical (unpaired) electrons. The van der Waals surface area contributed by atoms with Gasteiger partial charge in [-0.25, -0.2) is 22.8 Å². The number of likely N-dealkylation sites (tertiary alicyclic amines) is 1. The van der Waals surface area contributed by atoms with Gasteiger partial charge in [-0.1, -0.05) is 0 Å². The summed E-state index contributed by atoms with van der Waals surface area (Å²) in [5.41, 5.74) is 0.411. The first kappa shape index (κ1) is 24.2. The first-order valence-corrected chi connectivity index (χ1v) is 12.6. The molecule has 2 fully saturated rings. The van der Waals surface area contributed by atoms with Crippen LogP contribution in [0.2, 0.25) is 0 Å². The van der Waals surface area contributed by atoms with Crippen molar-refractivity contribution in [2.24, 2.45) is 0 Å². The fraction of sp³-hybridized carbons (Fsp3) is 0.476. The number of carbonyl (C=O) groups excluding carboxylic acids is 1. The maximum Gasteiger partial charge on any atom is 0.451 e.